The normalized spacial score (nSPS) is 21.7. The van der Waals surface area contributed by atoms with Crippen molar-refractivity contribution in [2.24, 2.45) is 0 Å². The summed E-state index contributed by atoms with van der Waals surface area (Å²) >= 11 is 0. The van der Waals surface area contributed by atoms with Gasteiger partial charge in [-0.1, -0.05) is 6.42 Å². The van der Waals surface area contributed by atoms with E-state index in [1.807, 2.05) is 0 Å². The van der Waals surface area contributed by atoms with Crippen LogP contribution in [0.3, 0.4) is 0 Å². The molecule has 1 heterocycles. The monoisotopic (exact) mass is 325 g/mol. The first-order valence-electron chi connectivity index (χ1n) is 8.19. The van der Waals surface area contributed by atoms with Gasteiger partial charge in [0.1, 0.15) is 11.3 Å². The van der Waals surface area contributed by atoms with Gasteiger partial charge in [0.15, 0.2) is 0 Å². The Morgan fingerprint density at radius 3 is 2.43 bits per heavy atom. The lowest BCUT2D eigenvalue weighted by atomic mass is 9.83. The van der Waals surface area contributed by atoms with Crippen molar-refractivity contribution in [2.75, 3.05) is 0 Å². The quantitative estimate of drug-likeness (QED) is 0.925. The Morgan fingerprint density at radius 1 is 1.26 bits per heavy atom. The van der Waals surface area contributed by atoms with Crippen molar-refractivity contribution in [2.45, 2.75) is 69.8 Å². The number of hydrogen-bond acceptors (Lipinski definition) is 3. The van der Waals surface area contributed by atoms with E-state index in [0.29, 0.717) is 11.3 Å². The number of carbonyl (C=O) groups excluding carboxylic acids is 1. The van der Waals surface area contributed by atoms with E-state index in [4.69, 9.17) is 4.42 Å². The second kappa shape index (κ2) is 6.06. The van der Waals surface area contributed by atoms with Crippen LogP contribution in [-0.4, -0.2) is 17.9 Å². The van der Waals surface area contributed by atoms with E-state index in [1.54, 1.807) is 13.0 Å². The molecule has 0 atom stereocenters. The van der Waals surface area contributed by atoms with Crippen LogP contribution in [0.15, 0.2) is 15.3 Å². The average molecular weight is 325 g/mol. The maximum Gasteiger partial charge on any atom is 0.349 e. The fraction of sp³-hybridized carbons (Fsp3) is 0.647. The Balaban J connectivity index is 1.71. The number of amides is 1. The topological polar surface area (TPSA) is 59.3 Å². The van der Waals surface area contributed by atoms with Gasteiger partial charge in [0, 0.05) is 24.8 Å². The molecule has 0 unspecified atom stereocenters. The summed E-state index contributed by atoms with van der Waals surface area (Å²) in [6.07, 6.45) is 3.13. The standard InChI is InChI=1S/C17H21F2NO3/c1-10-9-13(11-3-2-4-11)23-16(22)14(10)15(21)20-12-5-7-17(18,19)8-6-12/h9,11-12H,2-8H2,1H3,(H,20,21). The first-order chi connectivity index (χ1) is 10.9. The maximum absolute atomic E-state index is 13.1. The summed E-state index contributed by atoms with van der Waals surface area (Å²) in [6.45, 7) is 1.71. The fourth-order valence-electron chi connectivity index (χ4n) is 3.24. The molecule has 1 amide bonds. The van der Waals surface area contributed by atoms with Gasteiger partial charge in [-0.3, -0.25) is 4.79 Å². The predicted molar refractivity (Wildman–Crippen MR) is 81.0 cm³/mol. The van der Waals surface area contributed by atoms with Gasteiger partial charge >= 0.3 is 5.63 Å². The molecule has 3 rings (SSSR count). The molecule has 6 heteroatoms. The maximum atomic E-state index is 13.1. The third-order valence-corrected chi connectivity index (χ3v) is 4.95. The van der Waals surface area contributed by atoms with E-state index in [-0.39, 0.29) is 43.2 Å². The number of rotatable bonds is 3. The molecule has 2 fully saturated rings. The van der Waals surface area contributed by atoms with Crippen molar-refractivity contribution in [1.82, 2.24) is 5.32 Å². The summed E-state index contributed by atoms with van der Waals surface area (Å²) in [5.41, 5.74) is -0.0577. The van der Waals surface area contributed by atoms with Crippen LogP contribution in [0, 0.1) is 6.92 Å². The van der Waals surface area contributed by atoms with Crippen molar-refractivity contribution >= 4 is 5.91 Å². The molecule has 2 aliphatic carbocycles. The van der Waals surface area contributed by atoms with Crippen LogP contribution in [0.2, 0.25) is 0 Å². The van der Waals surface area contributed by atoms with Crippen LogP contribution in [0.1, 0.15) is 72.5 Å². The predicted octanol–water partition coefficient (Wildman–Crippen LogP) is 3.52. The number of halogens is 2. The van der Waals surface area contributed by atoms with Crippen LogP contribution in [-0.2, 0) is 0 Å². The van der Waals surface area contributed by atoms with Crippen molar-refractivity contribution in [3.8, 4) is 0 Å². The van der Waals surface area contributed by atoms with Crippen LogP contribution in [0.5, 0.6) is 0 Å². The van der Waals surface area contributed by atoms with Gasteiger partial charge < -0.3 is 9.73 Å². The smallest absolute Gasteiger partial charge is 0.349 e. The highest BCUT2D eigenvalue weighted by molar-refractivity contribution is 5.95. The second-order valence-electron chi connectivity index (χ2n) is 6.73. The number of carbonyl (C=O) groups is 1. The molecule has 0 saturated heterocycles. The van der Waals surface area contributed by atoms with Crippen molar-refractivity contribution in [1.29, 1.82) is 0 Å². The lowest BCUT2D eigenvalue weighted by molar-refractivity contribution is -0.0399. The molecule has 2 aliphatic rings. The third kappa shape index (κ3) is 3.46. The zero-order chi connectivity index (χ0) is 16.6. The minimum absolute atomic E-state index is 0.00888. The van der Waals surface area contributed by atoms with E-state index in [9.17, 15) is 18.4 Å². The van der Waals surface area contributed by atoms with Crippen LogP contribution >= 0.6 is 0 Å². The highest BCUT2D eigenvalue weighted by Gasteiger charge is 2.36. The van der Waals surface area contributed by atoms with E-state index < -0.39 is 17.5 Å². The Kier molecular flexibility index (Phi) is 4.25. The molecule has 126 valence electrons. The summed E-state index contributed by atoms with van der Waals surface area (Å²) in [5.74, 6) is -2.24. The molecule has 0 bridgehead atoms. The molecular weight excluding hydrogens is 304 g/mol. The van der Waals surface area contributed by atoms with Gasteiger partial charge in [-0.2, -0.15) is 0 Å². The largest absolute Gasteiger partial charge is 0.427 e. The van der Waals surface area contributed by atoms with Crippen LogP contribution in [0.4, 0.5) is 8.78 Å². The fourth-order valence-corrected chi connectivity index (χ4v) is 3.24. The van der Waals surface area contributed by atoms with E-state index in [2.05, 4.69) is 5.32 Å². The minimum Gasteiger partial charge on any atom is -0.427 e. The number of hydrogen-bond donors (Lipinski definition) is 1. The molecule has 1 aromatic rings. The Labute approximate surface area is 133 Å². The third-order valence-electron chi connectivity index (χ3n) is 4.95. The second-order valence-corrected chi connectivity index (χ2v) is 6.73. The van der Waals surface area contributed by atoms with Gasteiger partial charge in [-0.25, -0.2) is 13.6 Å². The Hall–Kier alpha value is -1.72. The molecular formula is C17H21F2NO3. The first-order valence-corrected chi connectivity index (χ1v) is 8.19. The highest BCUT2D eigenvalue weighted by Crippen LogP contribution is 2.36. The van der Waals surface area contributed by atoms with Crippen LogP contribution in [0.25, 0.3) is 0 Å². The summed E-state index contributed by atoms with van der Waals surface area (Å²) in [6, 6.07) is 1.45. The molecule has 1 N–H and O–H groups in total. The van der Waals surface area contributed by atoms with Crippen molar-refractivity contribution in [3.63, 3.8) is 0 Å². The lowest BCUT2D eigenvalue weighted by Crippen LogP contribution is -2.42. The lowest BCUT2D eigenvalue weighted by Gasteiger charge is -2.29. The average Bonchev–Trinajstić information content (AvgIpc) is 2.38. The summed E-state index contributed by atoms with van der Waals surface area (Å²) in [4.78, 5) is 24.5. The molecule has 0 aromatic carbocycles. The van der Waals surface area contributed by atoms with Crippen molar-refractivity contribution in [3.05, 3.63) is 33.4 Å². The Morgan fingerprint density at radius 2 is 1.91 bits per heavy atom. The SMILES string of the molecule is Cc1cc(C2CCC2)oc(=O)c1C(=O)NC1CCC(F)(F)CC1. The zero-order valence-electron chi connectivity index (χ0n) is 13.2. The number of alkyl halides is 2. The molecule has 0 aliphatic heterocycles. The molecule has 23 heavy (non-hydrogen) atoms. The van der Waals surface area contributed by atoms with Gasteiger partial charge in [-0.05, 0) is 44.2 Å². The minimum atomic E-state index is -2.64. The molecule has 0 spiro atoms. The first kappa shape index (κ1) is 16.1. The molecule has 0 radical (unpaired) electrons. The molecule has 2 saturated carbocycles. The van der Waals surface area contributed by atoms with E-state index in [1.165, 1.54) is 0 Å². The van der Waals surface area contributed by atoms with Gasteiger partial charge in [0.2, 0.25) is 5.92 Å². The molecule has 1 aromatic heterocycles. The number of aryl methyl sites for hydroxylation is 1. The van der Waals surface area contributed by atoms with E-state index >= 15 is 0 Å². The van der Waals surface area contributed by atoms with Crippen LogP contribution < -0.4 is 10.9 Å². The molecule has 4 nitrogen and oxygen atoms in total. The van der Waals surface area contributed by atoms with E-state index in [0.717, 1.165) is 19.3 Å². The summed E-state index contributed by atoms with van der Waals surface area (Å²) < 4.78 is 31.6. The zero-order valence-corrected chi connectivity index (χ0v) is 13.2. The number of nitrogens with one attached hydrogen (secondary N) is 1. The van der Waals surface area contributed by atoms with Gasteiger partial charge in [0.25, 0.3) is 5.91 Å². The summed E-state index contributed by atoms with van der Waals surface area (Å²) in [7, 11) is 0. The highest BCUT2D eigenvalue weighted by atomic mass is 19.3. The summed E-state index contributed by atoms with van der Waals surface area (Å²) in [5, 5.41) is 2.70. The Bertz CT molecular complexity index is 654. The van der Waals surface area contributed by atoms with Gasteiger partial charge in [0.05, 0.1) is 0 Å². The van der Waals surface area contributed by atoms with Gasteiger partial charge in [-0.15, -0.1) is 0 Å². The van der Waals surface area contributed by atoms with Crippen molar-refractivity contribution < 1.29 is 18.0 Å².